The highest BCUT2D eigenvalue weighted by atomic mass is 16.5. The van der Waals surface area contributed by atoms with Crippen LogP contribution >= 0.6 is 0 Å². The summed E-state index contributed by atoms with van der Waals surface area (Å²) in [6.07, 6.45) is 2.21. The van der Waals surface area contributed by atoms with Crippen molar-refractivity contribution in [2.45, 2.75) is 18.9 Å². The van der Waals surface area contributed by atoms with E-state index in [0.717, 1.165) is 12.8 Å². The molecule has 0 aromatic heterocycles. The van der Waals surface area contributed by atoms with Crippen molar-refractivity contribution in [1.82, 2.24) is 5.32 Å². The SMILES string of the molecule is O=C(COc1cc[c]cc1)NC1CC1. The molecule has 0 heterocycles. The first-order valence-electron chi connectivity index (χ1n) is 4.73. The number of amides is 1. The van der Waals surface area contributed by atoms with E-state index in [1.807, 2.05) is 0 Å². The first-order valence-corrected chi connectivity index (χ1v) is 4.73. The molecule has 0 unspecified atom stereocenters. The molecular formula is C11H12NO2. The minimum absolute atomic E-state index is 0.0414. The highest BCUT2D eigenvalue weighted by molar-refractivity contribution is 5.78. The second-order valence-electron chi connectivity index (χ2n) is 3.37. The molecule has 2 rings (SSSR count). The van der Waals surface area contributed by atoms with E-state index in [2.05, 4.69) is 11.4 Å². The van der Waals surface area contributed by atoms with Crippen LogP contribution in [0.15, 0.2) is 24.3 Å². The maximum atomic E-state index is 11.2. The molecule has 1 saturated carbocycles. The lowest BCUT2D eigenvalue weighted by Gasteiger charge is -2.05. The summed E-state index contributed by atoms with van der Waals surface area (Å²) in [5, 5.41) is 2.85. The van der Waals surface area contributed by atoms with E-state index in [0.29, 0.717) is 11.8 Å². The van der Waals surface area contributed by atoms with Gasteiger partial charge in [-0.15, -0.1) is 0 Å². The fourth-order valence-electron chi connectivity index (χ4n) is 1.11. The molecule has 0 aliphatic heterocycles. The summed E-state index contributed by atoms with van der Waals surface area (Å²) in [6, 6.07) is 10.4. The van der Waals surface area contributed by atoms with Crippen molar-refractivity contribution in [2.24, 2.45) is 0 Å². The van der Waals surface area contributed by atoms with E-state index in [4.69, 9.17) is 4.74 Å². The van der Waals surface area contributed by atoms with Crippen LogP contribution in [-0.4, -0.2) is 18.6 Å². The third-order valence-corrected chi connectivity index (χ3v) is 2.00. The van der Waals surface area contributed by atoms with E-state index in [1.165, 1.54) is 0 Å². The zero-order valence-corrected chi connectivity index (χ0v) is 7.82. The van der Waals surface area contributed by atoms with Crippen molar-refractivity contribution in [3.8, 4) is 5.75 Å². The molecule has 73 valence electrons. The average Bonchev–Trinajstić information content (AvgIpc) is 3.00. The summed E-state index contributed by atoms with van der Waals surface area (Å²) in [6.45, 7) is 0.0977. The zero-order chi connectivity index (χ0) is 9.80. The highest BCUT2D eigenvalue weighted by Crippen LogP contribution is 2.18. The standard InChI is InChI=1S/C11H12NO2/c13-11(12-9-6-7-9)8-14-10-4-2-1-3-5-10/h2-5,9H,6-8H2,(H,12,13). The molecule has 0 spiro atoms. The second-order valence-corrected chi connectivity index (χ2v) is 3.37. The van der Waals surface area contributed by atoms with Gasteiger partial charge in [0.25, 0.3) is 5.91 Å². The fourth-order valence-corrected chi connectivity index (χ4v) is 1.11. The predicted molar refractivity (Wildman–Crippen MR) is 51.9 cm³/mol. The summed E-state index contributed by atoms with van der Waals surface area (Å²) in [5.74, 6) is 0.662. The van der Waals surface area contributed by atoms with Crippen molar-refractivity contribution in [2.75, 3.05) is 6.61 Å². The lowest BCUT2D eigenvalue weighted by atomic mass is 10.3. The monoisotopic (exact) mass is 190 g/mol. The molecule has 1 aromatic rings. The maximum absolute atomic E-state index is 11.2. The number of hydrogen-bond donors (Lipinski definition) is 1. The van der Waals surface area contributed by atoms with E-state index in [9.17, 15) is 4.79 Å². The van der Waals surface area contributed by atoms with Gasteiger partial charge in [-0.25, -0.2) is 0 Å². The molecule has 1 aromatic carbocycles. The third kappa shape index (κ3) is 2.76. The Morgan fingerprint density at radius 3 is 2.86 bits per heavy atom. The van der Waals surface area contributed by atoms with E-state index in [1.54, 1.807) is 24.3 Å². The van der Waals surface area contributed by atoms with E-state index in [-0.39, 0.29) is 12.5 Å². The fraction of sp³-hybridized carbons (Fsp3) is 0.364. The predicted octanol–water partition coefficient (Wildman–Crippen LogP) is 1.14. The largest absolute Gasteiger partial charge is 0.484 e. The summed E-state index contributed by atoms with van der Waals surface area (Å²) in [5.41, 5.74) is 0. The molecule has 3 nitrogen and oxygen atoms in total. The normalized spacial score (nSPS) is 14.9. The molecule has 0 bridgehead atoms. The Hall–Kier alpha value is -1.51. The van der Waals surface area contributed by atoms with E-state index >= 15 is 0 Å². The number of benzene rings is 1. The molecule has 1 aliphatic carbocycles. The molecule has 1 fully saturated rings. The maximum Gasteiger partial charge on any atom is 0.258 e. The number of nitrogens with one attached hydrogen (secondary N) is 1. The minimum Gasteiger partial charge on any atom is -0.484 e. The molecule has 14 heavy (non-hydrogen) atoms. The Bertz CT molecular complexity index is 306. The van der Waals surface area contributed by atoms with Gasteiger partial charge in [0.05, 0.1) is 0 Å². The lowest BCUT2D eigenvalue weighted by molar-refractivity contribution is -0.123. The average molecular weight is 190 g/mol. The van der Waals surface area contributed by atoms with Crippen LogP contribution in [0.1, 0.15) is 12.8 Å². The van der Waals surface area contributed by atoms with Gasteiger partial charge in [-0.05, 0) is 31.0 Å². The Morgan fingerprint density at radius 2 is 2.21 bits per heavy atom. The van der Waals surface area contributed by atoms with Gasteiger partial charge >= 0.3 is 0 Å². The van der Waals surface area contributed by atoms with Crippen molar-refractivity contribution in [3.05, 3.63) is 30.3 Å². The quantitative estimate of drug-likeness (QED) is 0.773. The third-order valence-electron chi connectivity index (χ3n) is 2.00. The molecular weight excluding hydrogens is 178 g/mol. The van der Waals surface area contributed by atoms with Gasteiger partial charge in [0.2, 0.25) is 0 Å². The van der Waals surface area contributed by atoms with Crippen LogP contribution in [0.2, 0.25) is 0 Å². The van der Waals surface area contributed by atoms with Crippen molar-refractivity contribution >= 4 is 5.91 Å². The Balaban J connectivity index is 1.73. The second kappa shape index (κ2) is 4.13. The lowest BCUT2D eigenvalue weighted by Crippen LogP contribution is -2.30. The van der Waals surface area contributed by atoms with Gasteiger partial charge < -0.3 is 10.1 Å². The highest BCUT2D eigenvalue weighted by Gasteiger charge is 2.23. The van der Waals surface area contributed by atoms with Gasteiger partial charge in [-0.1, -0.05) is 12.1 Å². The first-order chi connectivity index (χ1) is 6.84. The molecule has 3 heteroatoms. The smallest absolute Gasteiger partial charge is 0.258 e. The number of ether oxygens (including phenoxy) is 1. The van der Waals surface area contributed by atoms with Crippen LogP contribution in [0.3, 0.4) is 0 Å². The zero-order valence-electron chi connectivity index (χ0n) is 7.82. The van der Waals surface area contributed by atoms with Gasteiger partial charge in [0, 0.05) is 6.04 Å². The molecule has 0 atom stereocenters. The Labute approximate surface area is 83.1 Å². The van der Waals surface area contributed by atoms with Crippen LogP contribution in [0.5, 0.6) is 5.75 Å². The molecule has 1 radical (unpaired) electrons. The van der Waals surface area contributed by atoms with Crippen LogP contribution in [-0.2, 0) is 4.79 Å². The molecule has 1 N–H and O–H groups in total. The number of rotatable bonds is 4. The first kappa shape index (κ1) is 9.06. The van der Waals surface area contributed by atoms with E-state index < -0.39 is 0 Å². The van der Waals surface area contributed by atoms with Crippen LogP contribution in [0.4, 0.5) is 0 Å². The number of carbonyl (C=O) groups is 1. The molecule has 1 aliphatic rings. The Morgan fingerprint density at radius 1 is 1.50 bits per heavy atom. The topological polar surface area (TPSA) is 38.3 Å². The molecule has 0 saturated heterocycles. The van der Waals surface area contributed by atoms with Crippen LogP contribution in [0.25, 0.3) is 0 Å². The summed E-state index contributed by atoms with van der Waals surface area (Å²) >= 11 is 0. The van der Waals surface area contributed by atoms with Crippen molar-refractivity contribution in [3.63, 3.8) is 0 Å². The number of carbonyl (C=O) groups excluding carboxylic acids is 1. The van der Waals surface area contributed by atoms with Crippen LogP contribution in [0, 0.1) is 6.07 Å². The van der Waals surface area contributed by atoms with Crippen molar-refractivity contribution in [1.29, 1.82) is 0 Å². The van der Waals surface area contributed by atoms with Gasteiger partial charge in [-0.3, -0.25) is 4.79 Å². The minimum atomic E-state index is -0.0414. The van der Waals surface area contributed by atoms with Crippen LogP contribution < -0.4 is 10.1 Å². The van der Waals surface area contributed by atoms with Gasteiger partial charge in [-0.2, -0.15) is 0 Å². The summed E-state index contributed by atoms with van der Waals surface area (Å²) in [7, 11) is 0. The summed E-state index contributed by atoms with van der Waals surface area (Å²) in [4.78, 5) is 11.2. The van der Waals surface area contributed by atoms with Gasteiger partial charge in [0.15, 0.2) is 6.61 Å². The Kier molecular flexibility index (Phi) is 2.68. The molecule has 1 amide bonds. The van der Waals surface area contributed by atoms with Crippen molar-refractivity contribution < 1.29 is 9.53 Å². The number of hydrogen-bond acceptors (Lipinski definition) is 2. The van der Waals surface area contributed by atoms with Gasteiger partial charge in [0.1, 0.15) is 5.75 Å². The summed E-state index contributed by atoms with van der Waals surface area (Å²) < 4.78 is 5.26.